The van der Waals surface area contributed by atoms with Gasteiger partial charge >= 0.3 is 0 Å². The van der Waals surface area contributed by atoms with Gasteiger partial charge in [-0.1, -0.05) is 23.7 Å². The summed E-state index contributed by atoms with van der Waals surface area (Å²) in [4.78, 5) is 8.04. The minimum Gasteiger partial charge on any atom is -0.293 e. The van der Waals surface area contributed by atoms with Crippen molar-refractivity contribution in [3.8, 4) is 10.6 Å². The molecule has 1 aliphatic rings. The third kappa shape index (κ3) is 4.53. The van der Waals surface area contributed by atoms with Gasteiger partial charge in [0.05, 0.1) is 15.8 Å². The van der Waals surface area contributed by atoms with E-state index in [0.29, 0.717) is 24.4 Å². The summed E-state index contributed by atoms with van der Waals surface area (Å²) in [6.45, 7) is 4.66. The van der Waals surface area contributed by atoms with Crippen LogP contribution in [0.3, 0.4) is 0 Å². The molecule has 2 aromatic carbocycles. The van der Waals surface area contributed by atoms with E-state index in [2.05, 4.69) is 0 Å². The molecule has 0 N–H and O–H groups in total. The van der Waals surface area contributed by atoms with Crippen LogP contribution in [0, 0.1) is 11.6 Å². The molecule has 0 unspecified atom stereocenters. The molecule has 4 rings (SSSR count). The van der Waals surface area contributed by atoms with Gasteiger partial charge in [-0.2, -0.15) is 0 Å². The number of halogens is 3. The highest BCUT2D eigenvalue weighted by Crippen LogP contribution is 2.33. The van der Waals surface area contributed by atoms with Crippen molar-refractivity contribution in [2.75, 3.05) is 6.54 Å². The summed E-state index contributed by atoms with van der Waals surface area (Å²) in [5, 5.41) is 0.370. The van der Waals surface area contributed by atoms with Crippen LogP contribution in [0.25, 0.3) is 10.6 Å². The van der Waals surface area contributed by atoms with Crippen LogP contribution in [0.5, 0.6) is 0 Å². The number of fused-ring (bicyclic) bond motifs is 1. The van der Waals surface area contributed by atoms with Gasteiger partial charge in [0.1, 0.15) is 16.6 Å². The first-order valence-corrected chi connectivity index (χ1v) is 12.6. The molecule has 0 saturated carbocycles. The van der Waals surface area contributed by atoms with Crippen LogP contribution in [0.1, 0.15) is 30.0 Å². The summed E-state index contributed by atoms with van der Waals surface area (Å²) in [5.74, 6) is -1.28. The summed E-state index contributed by atoms with van der Waals surface area (Å²) < 4.78 is 52.9. The second kappa shape index (κ2) is 8.58. The Morgan fingerprint density at radius 2 is 1.81 bits per heavy atom. The zero-order valence-corrected chi connectivity index (χ0v) is 19.4. The molecule has 0 radical (unpaired) electrons. The topological polar surface area (TPSA) is 50.3 Å². The Morgan fingerprint density at radius 1 is 1.16 bits per heavy atom. The average molecular weight is 483 g/mol. The van der Waals surface area contributed by atoms with Crippen molar-refractivity contribution in [1.29, 1.82) is 0 Å². The van der Waals surface area contributed by atoms with Gasteiger partial charge in [0.15, 0.2) is 9.84 Å². The Hall–Kier alpha value is -1.87. The normalized spacial score (nSPS) is 14.8. The van der Waals surface area contributed by atoms with Gasteiger partial charge in [0.25, 0.3) is 0 Å². The highest BCUT2D eigenvalue weighted by Gasteiger charge is 2.24. The van der Waals surface area contributed by atoms with Crippen LogP contribution in [0.2, 0.25) is 5.02 Å². The molecule has 1 aromatic heterocycles. The molecular formula is C22H21ClF2N2O2S2. The maximum atomic E-state index is 14.2. The fourth-order valence-electron chi connectivity index (χ4n) is 3.51. The fraction of sp³-hybridized carbons (Fsp3) is 0.318. The molecule has 164 valence electrons. The Labute approximate surface area is 189 Å². The number of rotatable bonds is 5. The Kier molecular flexibility index (Phi) is 6.18. The zero-order valence-electron chi connectivity index (χ0n) is 17.0. The van der Waals surface area contributed by atoms with E-state index in [1.165, 1.54) is 11.3 Å². The van der Waals surface area contributed by atoms with E-state index < -0.39 is 26.7 Å². The van der Waals surface area contributed by atoms with Crippen LogP contribution >= 0.6 is 22.9 Å². The van der Waals surface area contributed by atoms with Crippen LogP contribution in [-0.2, 0) is 29.3 Å². The summed E-state index contributed by atoms with van der Waals surface area (Å²) in [6.07, 6.45) is 0.683. The van der Waals surface area contributed by atoms with E-state index >= 15 is 0 Å². The molecule has 1 aliphatic heterocycles. The first kappa shape index (κ1) is 22.3. The lowest BCUT2D eigenvalue weighted by Crippen LogP contribution is -2.30. The van der Waals surface area contributed by atoms with Crippen molar-refractivity contribution in [2.45, 2.75) is 43.5 Å². The SMILES string of the molecule is CC(C)S(=O)(=O)c1ccc(-c2nc3c(s2)CN(Cc2c(F)cc(Cl)cc2F)CC3)cc1. The minimum absolute atomic E-state index is 0.0135. The molecule has 0 fully saturated rings. The Balaban J connectivity index is 1.53. The van der Waals surface area contributed by atoms with Crippen molar-refractivity contribution in [2.24, 2.45) is 0 Å². The maximum absolute atomic E-state index is 14.2. The predicted molar refractivity (Wildman–Crippen MR) is 119 cm³/mol. The molecule has 0 spiro atoms. The number of hydrogen-bond acceptors (Lipinski definition) is 5. The quantitative estimate of drug-likeness (QED) is 0.483. The molecule has 0 amide bonds. The first-order valence-electron chi connectivity index (χ1n) is 9.84. The lowest BCUT2D eigenvalue weighted by Gasteiger charge is -2.26. The standard InChI is InChI=1S/C22H21ClF2N2O2S2/c1-13(2)31(28,29)16-5-3-14(4-6-16)22-26-20-7-8-27(12-21(20)30-22)11-17-18(24)9-15(23)10-19(17)25/h3-6,9-10,13H,7-8,11-12H2,1-2H3. The van der Waals surface area contributed by atoms with Crippen LogP contribution < -0.4 is 0 Å². The fourth-order valence-corrected chi connectivity index (χ4v) is 5.92. The monoisotopic (exact) mass is 482 g/mol. The molecule has 4 nitrogen and oxygen atoms in total. The zero-order chi connectivity index (χ0) is 22.3. The second-order valence-corrected chi connectivity index (χ2v) is 11.8. The van der Waals surface area contributed by atoms with Gasteiger partial charge < -0.3 is 0 Å². The van der Waals surface area contributed by atoms with Crippen molar-refractivity contribution in [3.63, 3.8) is 0 Å². The van der Waals surface area contributed by atoms with Crippen molar-refractivity contribution < 1.29 is 17.2 Å². The molecule has 0 saturated heterocycles. The third-order valence-electron chi connectivity index (χ3n) is 5.35. The lowest BCUT2D eigenvalue weighted by atomic mass is 10.1. The van der Waals surface area contributed by atoms with Gasteiger partial charge in [-0.05, 0) is 38.1 Å². The van der Waals surface area contributed by atoms with E-state index in [-0.39, 0.29) is 17.1 Å². The minimum atomic E-state index is -3.32. The van der Waals surface area contributed by atoms with E-state index in [0.717, 1.165) is 33.3 Å². The molecule has 2 heterocycles. The number of sulfone groups is 1. The van der Waals surface area contributed by atoms with Crippen LogP contribution in [-0.4, -0.2) is 30.1 Å². The summed E-state index contributed by atoms with van der Waals surface area (Å²) in [7, 11) is -3.32. The molecule has 0 aliphatic carbocycles. The smallest absolute Gasteiger partial charge is 0.180 e. The number of nitrogens with zero attached hydrogens (tertiary/aromatic N) is 2. The lowest BCUT2D eigenvalue weighted by molar-refractivity contribution is 0.240. The largest absolute Gasteiger partial charge is 0.293 e. The highest BCUT2D eigenvalue weighted by atomic mass is 35.5. The Morgan fingerprint density at radius 3 is 2.42 bits per heavy atom. The number of aromatic nitrogens is 1. The van der Waals surface area contributed by atoms with E-state index in [4.69, 9.17) is 16.6 Å². The van der Waals surface area contributed by atoms with E-state index in [1.54, 1.807) is 38.1 Å². The van der Waals surface area contributed by atoms with Crippen molar-refractivity contribution in [1.82, 2.24) is 9.88 Å². The number of benzene rings is 2. The molecule has 0 bridgehead atoms. The van der Waals surface area contributed by atoms with Gasteiger partial charge in [-0.3, -0.25) is 4.90 Å². The maximum Gasteiger partial charge on any atom is 0.180 e. The molecule has 31 heavy (non-hydrogen) atoms. The van der Waals surface area contributed by atoms with Crippen molar-refractivity contribution in [3.05, 3.63) is 69.2 Å². The molecule has 3 aromatic rings. The number of thiazole rings is 1. The first-order chi connectivity index (χ1) is 14.6. The summed E-state index contributed by atoms with van der Waals surface area (Å²) >= 11 is 7.23. The summed E-state index contributed by atoms with van der Waals surface area (Å²) in [6, 6.07) is 9.03. The van der Waals surface area contributed by atoms with E-state index in [9.17, 15) is 17.2 Å². The highest BCUT2D eigenvalue weighted by molar-refractivity contribution is 7.92. The van der Waals surface area contributed by atoms with Crippen molar-refractivity contribution >= 4 is 32.8 Å². The van der Waals surface area contributed by atoms with Gasteiger partial charge in [-0.15, -0.1) is 11.3 Å². The van der Waals surface area contributed by atoms with Gasteiger partial charge in [0, 0.05) is 47.1 Å². The van der Waals surface area contributed by atoms with Gasteiger partial charge in [0.2, 0.25) is 0 Å². The molecule has 9 heteroatoms. The van der Waals surface area contributed by atoms with Gasteiger partial charge in [-0.25, -0.2) is 22.2 Å². The summed E-state index contributed by atoms with van der Waals surface area (Å²) in [5.41, 5.74) is 1.84. The van der Waals surface area contributed by atoms with Crippen LogP contribution in [0.4, 0.5) is 8.78 Å². The number of hydrogen-bond donors (Lipinski definition) is 0. The third-order valence-corrected chi connectivity index (χ3v) is 8.87. The van der Waals surface area contributed by atoms with Crippen LogP contribution in [0.15, 0.2) is 41.3 Å². The average Bonchev–Trinajstić information content (AvgIpc) is 3.14. The van der Waals surface area contributed by atoms with E-state index in [1.807, 2.05) is 4.90 Å². The predicted octanol–water partition coefficient (Wildman–Crippen LogP) is 5.48. The molecular weight excluding hydrogens is 462 g/mol. The molecule has 0 atom stereocenters. The second-order valence-electron chi connectivity index (χ2n) is 7.82. The Bertz CT molecular complexity index is 1200.